The molecule has 5 aromatic carbocycles. The summed E-state index contributed by atoms with van der Waals surface area (Å²) < 4.78 is 19.0. The number of amides is 4. The number of rotatable bonds is 20. The van der Waals surface area contributed by atoms with Gasteiger partial charge in [-0.25, -0.2) is 0 Å². The maximum absolute atomic E-state index is 14.3. The van der Waals surface area contributed by atoms with Crippen molar-refractivity contribution in [3.05, 3.63) is 130 Å². The SMILES string of the molecule is CC=NCC(=O)CCCCC(=O)N[C@@H](C)C(=O)C[C@@H](C)C(=O)Nc1cc(COc2cc3c(cc2C)C(=O)N2c4ccccc4C[C@H]2CN3C)cc(COc2cc3c(cc2OC)C(=O)N2c4ccccc4C[C@H]2CN3C)c1. The molecule has 396 valence electrons. The Morgan fingerprint density at radius 2 is 1.26 bits per heavy atom. The molecule has 0 spiro atoms. The van der Waals surface area contributed by atoms with Crippen LogP contribution in [-0.4, -0.2) is 100 Å². The molecule has 5 aromatic rings. The zero-order valence-electron chi connectivity index (χ0n) is 44.4. The van der Waals surface area contributed by atoms with E-state index in [0.717, 1.165) is 52.3 Å². The van der Waals surface area contributed by atoms with Gasteiger partial charge >= 0.3 is 0 Å². The van der Waals surface area contributed by atoms with E-state index < -0.39 is 17.9 Å². The number of hydrogen-bond acceptors (Lipinski definition) is 12. The molecule has 0 bridgehead atoms. The fraction of sp³-hybridized carbons (Fsp3) is 0.383. The minimum atomic E-state index is -0.813. The Balaban J connectivity index is 0.922. The molecule has 4 amide bonds. The summed E-state index contributed by atoms with van der Waals surface area (Å²) >= 11 is 0. The van der Waals surface area contributed by atoms with Crippen molar-refractivity contribution < 1.29 is 43.0 Å². The lowest BCUT2D eigenvalue weighted by atomic mass is 9.99. The summed E-state index contributed by atoms with van der Waals surface area (Å²) in [7, 11) is 5.51. The molecule has 2 N–H and O–H groups in total. The van der Waals surface area contributed by atoms with E-state index in [1.807, 2.05) is 97.5 Å². The second-order valence-electron chi connectivity index (χ2n) is 20.5. The van der Waals surface area contributed by atoms with Crippen molar-refractivity contribution in [3.8, 4) is 17.2 Å². The van der Waals surface area contributed by atoms with Crippen LogP contribution in [0.5, 0.6) is 17.2 Å². The minimum Gasteiger partial charge on any atom is -0.493 e. The van der Waals surface area contributed by atoms with E-state index in [1.165, 1.54) is 7.11 Å². The molecule has 0 aliphatic carbocycles. The van der Waals surface area contributed by atoms with E-state index in [0.29, 0.717) is 77.5 Å². The molecule has 9 rings (SSSR count). The van der Waals surface area contributed by atoms with Gasteiger partial charge in [-0.2, -0.15) is 0 Å². The number of aryl methyl sites for hydroxylation is 1. The first-order valence-electron chi connectivity index (χ1n) is 26.2. The van der Waals surface area contributed by atoms with Crippen LogP contribution in [0, 0.1) is 12.8 Å². The highest BCUT2D eigenvalue weighted by atomic mass is 16.5. The number of aliphatic imine (C=N–C) groups is 1. The van der Waals surface area contributed by atoms with E-state index >= 15 is 0 Å². The Morgan fingerprint density at radius 1 is 0.711 bits per heavy atom. The zero-order valence-corrected chi connectivity index (χ0v) is 44.4. The molecule has 0 unspecified atom stereocenters. The van der Waals surface area contributed by atoms with Crippen LogP contribution in [0.3, 0.4) is 0 Å². The van der Waals surface area contributed by atoms with Crippen molar-refractivity contribution >= 4 is 69.8 Å². The van der Waals surface area contributed by atoms with Crippen molar-refractivity contribution in [2.24, 2.45) is 10.9 Å². The van der Waals surface area contributed by atoms with Crippen LogP contribution >= 0.6 is 0 Å². The normalized spacial score (nSPS) is 17.1. The lowest BCUT2D eigenvalue weighted by molar-refractivity contribution is -0.129. The molecule has 0 aromatic heterocycles. The first-order valence-corrected chi connectivity index (χ1v) is 26.2. The number of carbonyl (C=O) groups excluding carboxylic acids is 6. The van der Waals surface area contributed by atoms with Crippen LogP contribution in [0.2, 0.25) is 0 Å². The van der Waals surface area contributed by atoms with Gasteiger partial charge in [0.05, 0.1) is 54.3 Å². The average molecular weight is 1030 g/mol. The molecule has 76 heavy (non-hydrogen) atoms. The van der Waals surface area contributed by atoms with Crippen LogP contribution in [0.1, 0.15) is 101 Å². The van der Waals surface area contributed by atoms with Gasteiger partial charge in [0.1, 0.15) is 19.0 Å². The lowest BCUT2D eigenvalue weighted by Crippen LogP contribution is -2.41. The monoisotopic (exact) mass is 1030 g/mol. The van der Waals surface area contributed by atoms with Gasteiger partial charge in [0.2, 0.25) is 11.8 Å². The average Bonchev–Trinajstić information content (AvgIpc) is 3.94. The van der Waals surface area contributed by atoms with Gasteiger partial charge in [0.25, 0.3) is 11.8 Å². The number of likely N-dealkylation sites (N-methyl/N-ethyl adjacent to an activating group) is 2. The number of fused-ring (bicyclic) bond motifs is 8. The quantitative estimate of drug-likeness (QED) is 0.0564. The van der Waals surface area contributed by atoms with E-state index in [4.69, 9.17) is 14.2 Å². The van der Waals surface area contributed by atoms with E-state index in [9.17, 15) is 28.8 Å². The van der Waals surface area contributed by atoms with Gasteiger partial charge in [-0.3, -0.25) is 33.8 Å². The number of nitrogens with one attached hydrogen (secondary N) is 2. The number of ketones is 2. The number of ether oxygens (including phenoxy) is 3. The van der Waals surface area contributed by atoms with Crippen molar-refractivity contribution in [2.45, 2.75) is 104 Å². The largest absolute Gasteiger partial charge is 0.493 e. The van der Waals surface area contributed by atoms with E-state index in [2.05, 4.69) is 37.6 Å². The Morgan fingerprint density at radius 3 is 1.86 bits per heavy atom. The third-order valence-corrected chi connectivity index (χ3v) is 14.9. The highest BCUT2D eigenvalue weighted by Crippen LogP contribution is 2.43. The minimum absolute atomic E-state index is 0.00277. The first-order chi connectivity index (χ1) is 36.6. The third kappa shape index (κ3) is 11.3. The predicted molar refractivity (Wildman–Crippen MR) is 295 cm³/mol. The van der Waals surface area contributed by atoms with Gasteiger partial charge in [-0.05, 0) is 123 Å². The number of nitrogens with zero attached hydrogens (tertiary/aromatic N) is 5. The molecule has 4 aliphatic rings. The Labute approximate surface area is 444 Å². The number of benzene rings is 5. The second kappa shape index (κ2) is 22.9. The summed E-state index contributed by atoms with van der Waals surface area (Å²) in [4.78, 5) is 92.3. The van der Waals surface area contributed by atoms with Crippen molar-refractivity contribution in [2.75, 3.05) is 65.8 Å². The topological polar surface area (TPSA) is 179 Å². The van der Waals surface area contributed by atoms with Gasteiger partial charge in [0.15, 0.2) is 23.1 Å². The molecule has 16 heteroatoms. The summed E-state index contributed by atoms with van der Waals surface area (Å²) in [6, 6.07) is 28.2. The maximum Gasteiger partial charge on any atom is 0.260 e. The van der Waals surface area contributed by atoms with Gasteiger partial charge in [-0.1, -0.05) is 43.3 Å². The number of hydrogen-bond donors (Lipinski definition) is 2. The fourth-order valence-corrected chi connectivity index (χ4v) is 10.9. The lowest BCUT2D eigenvalue weighted by Gasteiger charge is -2.25. The number of methoxy groups -OCH3 is 1. The predicted octanol–water partition coefficient (Wildman–Crippen LogP) is 8.46. The number of carbonyl (C=O) groups is 6. The third-order valence-electron chi connectivity index (χ3n) is 14.9. The van der Waals surface area contributed by atoms with Crippen molar-refractivity contribution in [1.82, 2.24) is 5.32 Å². The molecular formula is C60H67N7O9. The molecule has 4 aliphatic heterocycles. The first kappa shape index (κ1) is 52.8. The zero-order chi connectivity index (χ0) is 53.8. The standard InChI is InChI=1S/C60H67N7O9/c1-8-61-31-46(68)17-11-14-20-57(70)62-38(4)53(69)22-37(3)58(71)63-43-24-39(34-75-54-29-51-47(21-36(54)2)59(72)66-44(32-64(51)5)26-41-15-9-12-18-49(41)66)23-40(25-43)35-76-56-30-52-48(28-55(56)74-7)60(73)67-45(33-65(52)6)27-42-16-10-13-19-50(42)67/h8-10,12-13,15-16,18-19,21,23-25,28-30,37-38,44-45H,11,14,17,20,22,26-27,31-35H2,1-7H3,(H,62,70)(H,63,71)/t37-,38+,44+,45+/m1/s1. The Bertz CT molecular complexity index is 3120. The molecule has 4 heterocycles. The number of Topliss-reactive ketones (excluding diaryl/α,β-unsaturated/α-hetero) is 2. The molecule has 0 saturated heterocycles. The summed E-state index contributed by atoms with van der Waals surface area (Å²) in [5.41, 5.74) is 9.43. The summed E-state index contributed by atoms with van der Waals surface area (Å²) in [5, 5.41) is 5.76. The van der Waals surface area contributed by atoms with Crippen LogP contribution < -0.4 is 44.4 Å². The van der Waals surface area contributed by atoms with E-state index in [1.54, 1.807) is 39.1 Å². The molecule has 16 nitrogen and oxygen atoms in total. The van der Waals surface area contributed by atoms with Gasteiger partial charge in [-0.15, -0.1) is 0 Å². The van der Waals surface area contributed by atoms with Crippen LogP contribution in [0.15, 0.2) is 96.0 Å². The van der Waals surface area contributed by atoms with E-state index in [-0.39, 0.29) is 74.0 Å². The van der Waals surface area contributed by atoms with Crippen LogP contribution in [0.4, 0.5) is 28.4 Å². The van der Waals surface area contributed by atoms with Crippen molar-refractivity contribution in [3.63, 3.8) is 0 Å². The van der Waals surface area contributed by atoms with Crippen LogP contribution in [0.25, 0.3) is 0 Å². The smallest absolute Gasteiger partial charge is 0.260 e. The highest BCUT2D eigenvalue weighted by Gasteiger charge is 2.41. The fourth-order valence-electron chi connectivity index (χ4n) is 10.9. The summed E-state index contributed by atoms with van der Waals surface area (Å²) in [6.07, 6.45) is 4.56. The molecule has 0 fully saturated rings. The van der Waals surface area contributed by atoms with Crippen molar-refractivity contribution in [1.29, 1.82) is 0 Å². The number of para-hydroxylation sites is 2. The number of unbranched alkanes of at least 4 members (excludes halogenated alkanes) is 1. The van der Waals surface area contributed by atoms with Gasteiger partial charge < -0.3 is 44.4 Å². The summed E-state index contributed by atoms with van der Waals surface area (Å²) in [5.74, 6) is -0.445. The summed E-state index contributed by atoms with van der Waals surface area (Å²) in [6.45, 7) is 8.49. The molecule has 4 atom stereocenters. The molecule has 0 saturated carbocycles. The molecule has 0 radical (unpaired) electrons. The van der Waals surface area contributed by atoms with Crippen LogP contribution in [-0.2, 0) is 45.2 Å². The molecular weight excluding hydrogens is 963 g/mol. The maximum atomic E-state index is 14.3. The van der Waals surface area contributed by atoms with Gasteiger partial charge in [0, 0.05) is 81.6 Å². The Hall–Kier alpha value is -8.01. The second-order valence-corrected chi connectivity index (χ2v) is 20.5. The number of anilines is 5. The highest BCUT2D eigenvalue weighted by molar-refractivity contribution is 6.13. The Kier molecular flexibility index (Phi) is 15.9.